The summed E-state index contributed by atoms with van der Waals surface area (Å²) in [5.41, 5.74) is 0.389. The number of phenols is 1. The van der Waals surface area contributed by atoms with Gasteiger partial charge in [-0.2, -0.15) is 0 Å². The number of carbonyl (C=O) groups is 1. The maximum absolute atomic E-state index is 10.9. The third-order valence-electron chi connectivity index (χ3n) is 1.92. The van der Waals surface area contributed by atoms with Gasteiger partial charge in [0.2, 0.25) is 5.91 Å². The summed E-state index contributed by atoms with van der Waals surface area (Å²) in [6.07, 6.45) is -1.01. The van der Waals surface area contributed by atoms with E-state index in [1.165, 1.54) is 25.1 Å². The summed E-state index contributed by atoms with van der Waals surface area (Å²) in [5, 5.41) is 29.6. The fourth-order valence-electron chi connectivity index (χ4n) is 1.16. The lowest BCUT2D eigenvalue weighted by atomic mass is 10.2. The minimum Gasteiger partial charge on any atom is -0.508 e. The highest BCUT2D eigenvalue weighted by Crippen LogP contribution is 2.28. The van der Waals surface area contributed by atoms with Gasteiger partial charge in [-0.25, -0.2) is 0 Å². The molecular weight excluding hydrogens is 250 g/mol. The van der Waals surface area contributed by atoms with Crippen LogP contribution in [0.1, 0.15) is 20.8 Å². The van der Waals surface area contributed by atoms with Crippen LogP contribution in [-0.2, 0) is 4.79 Å². The monoisotopic (exact) mass is 271 g/mol. The van der Waals surface area contributed by atoms with Gasteiger partial charge in [0.25, 0.3) is 0 Å². The Bertz CT molecular complexity index is 395. The Labute approximate surface area is 112 Å². The number of hydrogen-bond donors (Lipinski definition) is 4. The lowest BCUT2D eigenvalue weighted by Gasteiger charge is -2.14. The Kier molecular flexibility index (Phi) is 8.32. The van der Waals surface area contributed by atoms with Crippen LogP contribution in [-0.4, -0.2) is 40.5 Å². The van der Waals surface area contributed by atoms with E-state index >= 15 is 0 Å². The van der Waals surface area contributed by atoms with Gasteiger partial charge in [-0.15, -0.1) is 0 Å². The van der Waals surface area contributed by atoms with Gasteiger partial charge in [-0.3, -0.25) is 4.79 Å². The molecule has 1 aromatic carbocycles. The maximum atomic E-state index is 10.9. The number of aliphatic hydroxyl groups is 2. The van der Waals surface area contributed by atoms with Crippen LogP contribution >= 0.6 is 0 Å². The number of aliphatic hydroxyl groups excluding tert-OH is 2. The number of anilines is 1. The third-order valence-corrected chi connectivity index (χ3v) is 1.92. The molecule has 1 unspecified atom stereocenters. The maximum Gasteiger partial charge on any atom is 0.221 e. The fourth-order valence-corrected chi connectivity index (χ4v) is 1.16. The van der Waals surface area contributed by atoms with Crippen molar-refractivity contribution in [3.8, 4) is 11.5 Å². The van der Waals surface area contributed by atoms with Crippen molar-refractivity contribution in [2.75, 3.05) is 18.5 Å². The Balaban J connectivity index is 0.00000154. The molecule has 0 aliphatic heterocycles. The van der Waals surface area contributed by atoms with E-state index in [-0.39, 0.29) is 24.0 Å². The van der Waals surface area contributed by atoms with Gasteiger partial charge >= 0.3 is 0 Å². The van der Waals surface area contributed by atoms with Crippen LogP contribution in [0.2, 0.25) is 0 Å². The molecule has 1 rings (SSSR count). The molecule has 4 N–H and O–H groups in total. The predicted octanol–water partition coefficient (Wildman–Crippen LogP) is 1.11. The topological polar surface area (TPSA) is 99.0 Å². The van der Waals surface area contributed by atoms with E-state index in [1.807, 2.05) is 13.8 Å². The standard InChI is InChI=1S/C11H15NO5.C2H6/c1-7(14)12-10-3-2-8(15)4-11(10)17-6-9(16)5-13;1-2/h2-4,9,13,15-16H,5-6H2,1H3,(H,12,14);1-2H3. The second-order valence-electron chi connectivity index (χ2n) is 3.51. The summed E-state index contributed by atoms with van der Waals surface area (Å²) < 4.78 is 5.19. The average molecular weight is 271 g/mol. The summed E-state index contributed by atoms with van der Waals surface area (Å²) in [6.45, 7) is 4.79. The van der Waals surface area contributed by atoms with Crippen molar-refractivity contribution >= 4 is 11.6 Å². The Hall–Kier alpha value is -1.79. The molecule has 0 radical (unpaired) electrons. The largest absolute Gasteiger partial charge is 0.508 e. The normalized spacial score (nSPS) is 11.0. The highest BCUT2D eigenvalue weighted by molar-refractivity contribution is 5.90. The molecule has 1 atom stereocenters. The summed E-state index contributed by atoms with van der Waals surface area (Å²) in [7, 11) is 0. The fraction of sp³-hybridized carbons (Fsp3) is 0.462. The van der Waals surface area contributed by atoms with Crippen LogP contribution < -0.4 is 10.1 Å². The molecule has 0 aromatic heterocycles. The highest BCUT2D eigenvalue weighted by atomic mass is 16.5. The molecule has 6 nitrogen and oxygen atoms in total. The molecule has 108 valence electrons. The van der Waals surface area contributed by atoms with Crippen LogP contribution in [0, 0.1) is 0 Å². The number of phenolic OH excluding ortho intramolecular Hbond substituents is 1. The molecule has 0 aliphatic carbocycles. The molecule has 6 heteroatoms. The first-order valence-corrected chi connectivity index (χ1v) is 6.05. The first-order chi connectivity index (χ1) is 9.02. The number of hydrogen-bond acceptors (Lipinski definition) is 5. The summed E-state index contributed by atoms with van der Waals surface area (Å²) >= 11 is 0. The molecule has 0 heterocycles. The molecule has 19 heavy (non-hydrogen) atoms. The van der Waals surface area contributed by atoms with Crippen molar-refractivity contribution in [3.63, 3.8) is 0 Å². The molecule has 0 aliphatic rings. The van der Waals surface area contributed by atoms with Gasteiger partial charge in [0, 0.05) is 13.0 Å². The number of nitrogens with one attached hydrogen (secondary N) is 1. The molecule has 1 aromatic rings. The van der Waals surface area contributed by atoms with Crippen molar-refractivity contribution < 1.29 is 24.9 Å². The SMILES string of the molecule is CC.CC(=O)Nc1ccc(O)cc1OCC(O)CO. The summed E-state index contributed by atoms with van der Waals surface area (Å²) in [5.74, 6) is -0.0662. The second-order valence-corrected chi connectivity index (χ2v) is 3.51. The molecule has 0 bridgehead atoms. The van der Waals surface area contributed by atoms with Crippen molar-refractivity contribution in [3.05, 3.63) is 18.2 Å². The Morgan fingerprint density at radius 2 is 2.05 bits per heavy atom. The summed E-state index contributed by atoms with van der Waals surface area (Å²) in [4.78, 5) is 10.9. The average Bonchev–Trinajstić information content (AvgIpc) is 2.40. The zero-order valence-corrected chi connectivity index (χ0v) is 11.4. The summed E-state index contributed by atoms with van der Waals surface area (Å²) in [6, 6.07) is 4.20. The Morgan fingerprint density at radius 3 is 2.58 bits per heavy atom. The van der Waals surface area contributed by atoms with Gasteiger partial charge < -0.3 is 25.4 Å². The number of ether oxygens (including phenoxy) is 1. The molecular formula is C13H21NO5. The van der Waals surface area contributed by atoms with Crippen molar-refractivity contribution in [2.45, 2.75) is 26.9 Å². The molecule has 0 saturated heterocycles. The first kappa shape index (κ1) is 17.2. The van der Waals surface area contributed by atoms with E-state index in [4.69, 9.17) is 14.9 Å². The number of benzene rings is 1. The minimum absolute atomic E-state index is 0.0207. The van der Waals surface area contributed by atoms with Gasteiger partial charge in [0.05, 0.1) is 12.3 Å². The van der Waals surface area contributed by atoms with Crippen LogP contribution in [0.25, 0.3) is 0 Å². The van der Waals surface area contributed by atoms with Crippen molar-refractivity contribution in [1.82, 2.24) is 0 Å². The highest BCUT2D eigenvalue weighted by Gasteiger charge is 2.09. The van der Waals surface area contributed by atoms with E-state index in [9.17, 15) is 9.90 Å². The van der Waals surface area contributed by atoms with Gasteiger partial charge in [-0.1, -0.05) is 13.8 Å². The molecule has 0 fully saturated rings. The number of aromatic hydroxyl groups is 1. The van der Waals surface area contributed by atoms with E-state index in [0.717, 1.165) is 0 Å². The minimum atomic E-state index is -1.01. The third kappa shape index (κ3) is 6.64. The molecule has 0 spiro atoms. The van der Waals surface area contributed by atoms with Gasteiger partial charge in [-0.05, 0) is 12.1 Å². The van der Waals surface area contributed by atoms with Gasteiger partial charge in [0.1, 0.15) is 24.2 Å². The van der Waals surface area contributed by atoms with Crippen molar-refractivity contribution in [1.29, 1.82) is 0 Å². The van der Waals surface area contributed by atoms with Crippen LogP contribution in [0.15, 0.2) is 18.2 Å². The van der Waals surface area contributed by atoms with Crippen LogP contribution in [0.3, 0.4) is 0 Å². The Morgan fingerprint density at radius 1 is 1.42 bits per heavy atom. The number of rotatable bonds is 5. The predicted molar refractivity (Wildman–Crippen MR) is 72.3 cm³/mol. The first-order valence-electron chi connectivity index (χ1n) is 6.05. The second kappa shape index (κ2) is 9.18. The van der Waals surface area contributed by atoms with E-state index < -0.39 is 12.7 Å². The number of carbonyl (C=O) groups excluding carboxylic acids is 1. The lowest BCUT2D eigenvalue weighted by Crippen LogP contribution is -2.21. The van der Waals surface area contributed by atoms with Gasteiger partial charge in [0.15, 0.2) is 0 Å². The molecule has 1 amide bonds. The molecule has 0 saturated carbocycles. The van der Waals surface area contributed by atoms with Crippen molar-refractivity contribution in [2.24, 2.45) is 0 Å². The quantitative estimate of drug-likeness (QED) is 0.601. The van der Waals surface area contributed by atoms with Crippen LogP contribution in [0.5, 0.6) is 11.5 Å². The van der Waals surface area contributed by atoms with Crippen LogP contribution in [0.4, 0.5) is 5.69 Å². The van der Waals surface area contributed by atoms with E-state index in [1.54, 1.807) is 0 Å². The smallest absolute Gasteiger partial charge is 0.221 e. The zero-order valence-electron chi connectivity index (χ0n) is 11.4. The van der Waals surface area contributed by atoms with E-state index in [0.29, 0.717) is 5.69 Å². The number of amides is 1. The van der Waals surface area contributed by atoms with E-state index in [2.05, 4.69) is 5.32 Å². The zero-order chi connectivity index (χ0) is 14.8. The lowest BCUT2D eigenvalue weighted by molar-refractivity contribution is -0.114.